The van der Waals surface area contributed by atoms with Crippen molar-refractivity contribution in [3.8, 4) is 0 Å². The van der Waals surface area contributed by atoms with Crippen LogP contribution in [-0.2, 0) is 0 Å². The van der Waals surface area contributed by atoms with Crippen molar-refractivity contribution < 1.29 is 4.39 Å². The fraction of sp³-hybridized carbons (Fsp3) is 0. The summed E-state index contributed by atoms with van der Waals surface area (Å²) in [7, 11) is 0. The van der Waals surface area contributed by atoms with E-state index < -0.39 is 0 Å². The molecule has 0 unspecified atom stereocenters. The Balaban J connectivity index is 2.40. The summed E-state index contributed by atoms with van der Waals surface area (Å²) >= 11 is 2.30. The molecule has 0 aliphatic heterocycles. The highest BCUT2D eigenvalue weighted by Gasteiger charge is 2.12. The van der Waals surface area contributed by atoms with Crippen LogP contribution < -0.4 is 0 Å². The molecule has 0 aliphatic carbocycles. The molecule has 0 heterocycles. The lowest BCUT2D eigenvalue weighted by Crippen LogP contribution is -1.88. The predicted octanol–water partition coefficient (Wildman–Crippen LogP) is 5.89. The molecule has 20 heavy (non-hydrogen) atoms. The summed E-state index contributed by atoms with van der Waals surface area (Å²) in [5, 5.41) is 5.86. The van der Waals surface area contributed by atoms with Gasteiger partial charge in [-0.15, -0.1) is 0 Å². The van der Waals surface area contributed by atoms with E-state index in [-0.39, 0.29) is 5.82 Å². The highest BCUT2D eigenvalue weighted by Crippen LogP contribution is 2.36. The van der Waals surface area contributed by atoms with Crippen LogP contribution in [0.2, 0.25) is 0 Å². The van der Waals surface area contributed by atoms with Gasteiger partial charge >= 0.3 is 0 Å². The second-order valence-corrected chi connectivity index (χ2v) is 6.07. The second kappa shape index (κ2) is 4.42. The van der Waals surface area contributed by atoms with Gasteiger partial charge < -0.3 is 0 Å². The highest BCUT2D eigenvalue weighted by atomic mass is 127. The Morgan fingerprint density at radius 1 is 0.700 bits per heavy atom. The molecule has 0 saturated carbocycles. The molecule has 0 fully saturated rings. The molecule has 0 saturated heterocycles. The van der Waals surface area contributed by atoms with Crippen LogP contribution >= 0.6 is 22.6 Å². The number of hydrogen-bond acceptors (Lipinski definition) is 0. The van der Waals surface area contributed by atoms with Crippen LogP contribution in [0, 0.1) is 9.39 Å². The summed E-state index contributed by atoms with van der Waals surface area (Å²) < 4.78 is 15.7. The molecule has 0 N–H and O–H groups in total. The van der Waals surface area contributed by atoms with Crippen LogP contribution in [-0.4, -0.2) is 0 Å². The van der Waals surface area contributed by atoms with Crippen LogP contribution in [0.15, 0.2) is 60.7 Å². The van der Waals surface area contributed by atoms with Gasteiger partial charge in [0.2, 0.25) is 0 Å². The lowest BCUT2D eigenvalue weighted by Gasteiger charge is -2.11. The zero-order valence-electron chi connectivity index (χ0n) is 10.5. The second-order valence-electron chi connectivity index (χ2n) is 4.91. The Kier molecular flexibility index (Phi) is 2.67. The lowest BCUT2D eigenvalue weighted by atomic mass is 9.97. The highest BCUT2D eigenvalue weighted by molar-refractivity contribution is 14.1. The molecule has 0 atom stereocenters. The molecule has 4 aromatic carbocycles. The molecule has 0 radical (unpaired) electrons. The molecule has 2 heteroatoms. The van der Waals surface area contributed by atoms with Gasteiger partial charge in [-0.25, -0.2) is 4.39 Å². The van der Waals surface area contributed by atoms with E-state index in [1.165, 1.54) is 0 Å². The predicted molar refractivity (Wildman–Crippen MR) is 91.6 cm³/mol. The van der Waals surface area contributed by atoms with E-state index in [0.717, 1.165) is 35.9 Å². The minimum Gasteiger partial charge on any atom is -0.206 e. The fourth-order valence-electron chi connectivity index (χ4n) is 2.88. The summed E-state index contributed by atoms with van der Waals surface area (Å²) in [5.41, 5.74) is 0. The van der Waals surface area contributed by atoms with Crippen LogP contribution in [0.3, 0.4) is 0 Å². The Labute approximate surface area is 129 Å². The Hall–Kier alpha value is -1.68. The number of benzene rings is 4. The van der Waals surface area contributed by atoms with E-state index in [4.69, 9.17) is 0 Å². The van der Waals surface area contributed by atoms with Crippen molar-refractivity contribution in [3.05, 3.63) is 70.1 Å². The smallest absolute Gasteiger partial charge is 0.132 e. The van der Waals surface area contributed by atoms with Gasteiger partial charge in [0.1, 0.15) is 5.82 Å². The molecule has 0 spiro atoms. The number of rotatable bonds is 0. The van der Waals surface area contributed by atoms with Gasteiger partial charge in [-0.1, -0.05) is 48.5 Å². The van der Waals surface area contributed by atoms with E-state index in [1.807, 2.05) is 42.5 Å². The van der Waals surface area contributed by atoms with Crippen LogP contribution in [0.1, 0.15) is 0 Å². The average Bonchev–Trinajstić information content (AvgIpc) is 2.47. The number of halogens is 2. The summed E-state index contributed by atoms with van der Waals surface area (Å²) in [5.74, 6) is -0.145. The summed E-state index contributed by atoms with van der Waals surface area (Å²) in [6, 6.07) is 19.7. The third-order valence-electron chi connectivity index (χ3n) is 3.75. The lowest BCUT2D eigenvalue weighted by molar-refractivity contribution is 0.642. The maximum atomic E-state index is 14.6. The maximum absolute atomic E-state index is 14.6. The molecule has 96 valence electrons. The summed E-state index contributed by atoms with van der Waals surface area (Å²) in [4.78, 5) is 0. The molecular formula is C18H10FI. The van der Waals surface area contributed by atoms with E-state index >= 15 is 0 Å². The van der Waals surface area contributed by atoms with Crippen molar-refractivity contribution in [1.82, 2.24) is 0 Å². The maximum Gasteiger partial charge on any atom is 0.132 e. The Bertz CT molecular complexity index is 892. The standard InChI is InChI=1S/C18H10FI/c19-15-9-11-5-1-4-8-14(11)18-16(20)10-12-6-2-3-7-13(12)17(15)18/h1-10H. The van der Waals surface area contributed by atoms with E-state index in [2.05, 4.69) is 34.7 Å². The third kappa shape index (κ3) is 1.64. The molecule has 0 aliphatic rings. The van der Waals surface area contributed by atoms with Gasteiger partial charge in [0.25, 0.3) is 0 Å². The monoisotopic (exact) mass is 372 g/mol. The molecule has 0 amide bonds. The van der Waals surface area contributed by atoms with Crippen molar-refractivity contribution in [1.29, 1.82) is 0 Å². The van der Waals surface area contributed by atoms with Gasteiger partial charge in [-0.05, 0) is 56.3 Å². The minimum atomic E-state index is -0.145. The minimum absolute atomic E-state index is 0.145. The molecule has 4 aromatic rings. The SMILES string of the molecule is Fc1cc2ccccc2c2c(I)cc3ccccc3c12. The topological polar surface area (TPSA) is 0 Å². The van der Waals surface area contributed by atoms with Gasteiger partial charge in [0.05, 0.1) is 0 Å². The third-order valence-corrected chi connectivity index (χ3v) is 4.60. The molecular weight excluding hydrogens is 362 g/mol. The van der Waals surface area contributed by atoms with Gasteiger partial charge in [0, 0.05) is 14.3 Å². The van der Waals surface area contributed by atoms with E-state index in [9.17, 15) is 4.39 Å². The fourth-order valence-corrected chi connectivity index (χ4v) is 3.78. The van der Waals surface area contributed by atoms with Crippen molar-refractivity contribution in [2.45, 2.75) is 0 Å². The Morgan fingerprint density at radius 3 is 1.95 bits per heavy atom. The van der Waals surface area contributed by atoms with Gasteiger partial charge in [-0.3, -0.25) is 0 Å². The molecule has 0 aromatic heterocycles. The van der Waals surface area contributed by atoms with Crippen molar-refractivity contribution in [2.24, 2.45) is 0 Å². The van der Waals surface area contributed by atoms with Crippen molar-refractivity contribution in [3.63, 3.8) is 0 Å². The summed E-state index contributed by atoms with van der Waals surface area (Å²) in [6.45, 7) is 0. The average molecular weight is 372 g/mol. The van der Waals surface area contributed by atoms with Crippen molar-refractivity contribution >= 4 is 54.9 Å². The Morgan fingerprint density at radius 2 is 1.25 bits per heavy atom. The van der Waals surface area contributed by atoms with Crippen LogP contribution in [0.4, 0.5) is 4.39 Å². The molecule has 0 nitrogen and oxygen atoms in total. The first-order chi connectivity index (χ1) is 9.75. The zero-order valence-corrected chi connectivity index (χ0v) is 12.7. The van der Waals surface area contributed by atoms with Gasteiger partial charge in [-0.2, -0.15) is 0 Å². The number of hydrogen-bond donors (Lipinski definition) is 0. The largest absolute Gasteiger partial charge is 0.206 e. The molecule has 4 rings (SSSR count). The van der Waals surface area contributed by atoms with Crippen molar-refractivity contribution in [2.75, 3.05) is 0 Å². The first kappa shape index (κ1) is 12.1. The van der Waals surface area contributed by atoms with Crippen LogP contribution in [0.5, 0.6) is 0 Å². The van der Waals surface area contributed by atoms with Gasteiger partial charge in [0.15, 0.2) is 0 Å². The van der Waals surface area contributed by atoms with E-state index in [0.29, 0.717) is 0 Å². The van der Waals surface area contributed by atoms with Crippen LogP contribution in [0.25, 0.3) is 32.3 Å². The first-order valence-corrected chi connectivity index (χ1v) is 7.52. The normalized spacial score (nSPS) is 11.5. The quantitative estimate of drug-likeness (QED) is 0.267. The number of fused-ring (bicyclic) bond motifs is 5. The summed E-state index contributed by atoms with van der Waals surface area (Å²) in [6.07, 6.45) is 0. The first-order valence-electron chi connectivity index (χ1n) is 6.44. The zero-order chi connectivity index (χ0) is 13.7. The van der Waals surface area contributed by atoms with E-state index in [1.54, 1.807) is 6.07 Å². The molecule has 0 bridgehead atoms.